The molecule has 0 fully saturated rings. The van der Waals surface area contributed by atoms with Gasteiger partial charge in [-0.1, -0.05) is 35.9 Å². The van der Waals surface area contributed by atoms with Gasteiger partial charge in [0.25, 0.3) is 0 Å². The van der Waals surface area contributed by atoms with E-state index in [2.05, 4.69) is 4.98 Å². The molecule has 204 valence electrons. The molecule has 1 aliphatic heterocycles. The number of aliphatic hydroxyl groups excluding tert-OH is 1. The highest BCUT2D eigenvalue weighted by atomic mass is 35.5. The van der Waals surface area contributed by atoms with Crippen molar-refractivity contribution in [3.8, 4) is 11.5 Å². The molecule has 2 N–H and O–H groups in total. The molecule has 1 aliphatic rings. The predicted octanol–water partition coefficient (Wildman–Crippen LogP) is 6.01. The van der Waals surface area contributed by atoms with Crippen LogP contribution in [0.1, 0.15) is 22.9 Å². The molecule has 7 nitrogen and oxygen atoms in total. The number of anilines is 1. The van der Waals surface area contributed by atoms with Crippen LogP contribution in [0.2, 0.25) is 5.02 Å². The second-order valence-corrected chi connectivity index (χ2v) is 11.2. The van der Waals surface area contributed by atoms with Crippen molar-refractivity contribution >= 4 is 38.2 Å². The number of sulfonamides is 1. The Morgan fingerprint density at radius 2 is 1.87 bits per heavy atom. The van der Waals surface area contributed by atoms with E-state index in [0.29, 0.717) is 33.3 Å². The van der Waals surface area contributed by atoms with Gasteiger partial charge in [0.2, 0.25) is 0 Å². The van der Waals surface area contributed by atoms with E-state index in [4.69, 9.17) is 21.1 Å². The molecular formula is C27H22ClF3N2O5S. The van der Waals surface area contributed by atoms with Gasteiger partial charge in [-0.05, 0) is 60.5 Å². The van der Waals surface area contributed by atoms with Gasteiger partial charge in [0.1, 0.15) is 18.1 Å². The summed E-state index contributed by atoms with van der Waals surface area (Å²) in [6.07, 6.45) is -0.717. The third-order valence-electron chi connectivity index (χ3n) is 6.28. The predicted molar refractivity (Wildman–Crippen MR) is 140 cm³/mol. The van der Waals surface area contributed by atoms with E-state index in [-0.39, 0.29) is 25.3 Å². The average Bonchev–Trinajstić information content (AvgIpc) is 2.88. The Morgan fingerprint density at radius 1 is 1.08 bits per heavy atom. The average molecular weight is 579 g/mol. The first kappa shape index (κ1) is 27.0. The van der Waals surface area contributed by atoms with E-state index in [0.717, 1.165) is 10.9 Å². The molecular weight excluding hydrogens is 557 g/mol. The summed E-state index contributed by atoms with van der Waals surface area (Å²) in [5.74, 6) is 0.555. The molecule has 0 spiro atoms. The zero-order valence-electron chi connectivity index (χ0n) is 20.2. The molecule has 0 bridgehead atoms. The van der Waals surface area contributed by atoms with Crippen molar-refractivity contribution < 1.29 is 36.2 Å². The van der Waals surface area contributed by atoms with Gasteiger partial charge in [0, 0.05) is 27.6 Å². The van der Waals surface area contributed by atoms with Crippen molar-refractivity contribution in [1.29, 1.82) is 0 Å². The van der Waals surface area contributed by atoms with Crippen LogP contribution in [0.25, 0.3) is 10.9 Å². The third kappa shape index (κ3) is 6.05. The topological polar surface area (TPSA) is 97.8 Å². The standard InChI is InChI=1S/C27H22ClF3N2O5S/c28-19-6-4-17-5-7-21(32-24(17)12-19)15-37-22-8-9-25-23(13-22)26(34)18(14-38-25)10-16-2-1-3-20(11-16)33-39(35,36)27(29,30)31/h1-9,11-13,18,26,33-34H,10,14-15H2/t18-,26-/m0/s1. The first-order valence-corrected chi connectivity index (χ1v) is 13.7. The first-order chi connectivity index (χ1) is 18.5. The maximum Gasteiger partial charge on any atom is 0.516 e. The Labute approximate surface area is 227 Å². The molecule has 0 radical (unpaired) electrons. The Hall–Kier alpha value is -3.54. The SMILES string of the molecule is O=S(=O)(Nc1cccc(C[C@H]2COc3ccc(OCc4ccc5ccc(Cl)cc5n4)cc3[C@H]2O)c1)C(F)(F)F. The largest absolute Gasteiger partial charge is 0.516 e. The van der Waals surface area contributed by atoms with Crippen LogP contribution in [-0.4, -0.2) is 30.6 Å². The van der Waals surface area contributed by atoms with E-state index in [1.165, 1.54) is 22.9 Å². The number of halogens is 4. The molecule has 5 rings (SSSR count). The third-order valence-corrected chi connectivity index (χ3v) is 7.63. The number of aromatic nitrogens is 1. The molecule has 39 heavy (non-hydrogen) atoms. The van der Waals surface area contributed by atoms with Gasteiger partial charge in [-0.15, -0.1) is 0 Å². The summed E-state index contributed by atoms with van der Waals surface area (Å²) in [6.45, 7) is 0.346. The molecule has 0 amide bonds. The molecule has 2 heterocycles. The number of pyridine rings is 1. The lowest BCUT2D eigenvalue weighted by Gasteiger charge is -2.30. The molecule has 4 aromatic rings. The molecule has 2 atom stereocenters. The number of nitrogens with zero attached hydrogens (tertiary/aromatic N) is 1. The van der Waals surface area contributed by atoms with Crippen LogP contribution in [0.5, 0.6) is 11.5 Å². The van der Waals surface area contributed by atoms with Gasteiger partial charge >= 0.3 is 15.5 Å². The van der Waals surface area contributed by atoms with Crippen LogP contribution >= 0.6 is 11.6 Å². The van der Waals surface area contributed by atoms with Crippen LogP contribution in [0.3, 0.4) is 0 Å². The fourth-order valence-corrected chi connectivity index (χ4v) is 5.06. The number of hydrogen-bond donors (Lipinski definition) is 2. The van der Waals surface area contributed by atoms with E-state index < -0.39 is 27.6 Å². The summed E-state index contributed by atoms with van der Waals surface area (Å²) in [5.41, 5.74) is -3.18. The highest BCUT2D eigenvalue weighted by Crippen LogP contribution is 2.39. The van der Waals surface area contributed by atoms with Gasteiger partial charge in [0.15, 0.2) is 0 Å². The smallest absolute Gasteiger partial charge is 0.493 e. The molecule has 12 heteroatoms. The minimum absolute atomic E-state index is 0.163. The van der Waals surface area contributed by atoms with Crippen molar-refractivity contribution in [1.82, 2.24) is 4.98 Å². The maximum atomic E-state index is 12.7. The Kier molecular flexibility index (Phi) is 7.32. The zero-order valence-corrected chi connectivity index (χ0v) is 21.7. The van der Waals surface area contributed by atoms with Crippen molar-refractivity contribution in [2.75, 3.05) is 11.3 Å². The Balaban J connectivity index is 1.27. The van der Waals surface area contributed by atoms with Crippen molar-refractivity contribution in [3.63, 3.8) is 0 Å². The van der Waals surface area contributed by atoms with Gasteiger partial charge in [-0.3, -0.25) is 4.72 Å². The zero-order chi connectivity index (χ0) is 27.8. The Bertz CT molecular complexity index is 1630. The normalized spacial score (nSPS) is 17.4. The van der Waals surface area contributed by atoms with Crippen LogP contribution in [0.4, 0.5) is 18.9 Å². The first-order valence-electron chi connectivity index (χ1n) is 11.8. The number of hydrogen-bond acceptors (Lipinski definition) is 6. The molecule has 0 aliphatic carbocycles. The van der Waals surface area contributed by atoms with Crippen molar-refractivity contribution in [3.05, 3.63) is 94.6 Å². The molecule has 3 aromatic carbocycles. The lowest BCUT2D eigenvalue weighted by molar-refractivity contribution is -0.0429. The van der Waals surface area contributed by atoms with Crippen LogP contribution < -0.4 is 14.2 Å². The minimum atomic E-state index is -5.54. The van der Waals surface area contributed by atoms with Gasteiger partial charge < -0.3 is 14.6 Å². The Morgan fingerprint density at radius 3 is 2.67 bits per heavy atom. The van der Waals surface area contributed by atoms with Gasteiger partial charge in [-0.25, -0.2) is 4.98 Å². The van der Waals surface area contributed by atoms with E-state index in [9.17, 15) is 26.7 Å². The van der Waals surface area contributed by atoms with Crippen molar-refractivity contribution in [2.45, 2.75) is 24.6 Å². The quantitative estimate of drug-likeness (QED) is 0.279. The monoisotopic (exact) mass is 578 g/mol. The number of fused-ring (bicyclic) bond motifs is 2. The summed E-state index contributed by atoms with van der Waals surface area (Å²) in [7, 11) is -5.54. The summed E-state index contributed by atoms with van der Waals surface area (Å²) in [6, 6.07) is 19.9. The number of rotatable bonds is 7. The highest BCUT2D eigenvalue weighted by molar-refractivity contribution is 7.93. The van der Waals surface area contributed by atoms with Crippen LogP contribution in [-0.2, 0) is 23.1 Å². The number of alkyl halides is 3. The number of nitrogens with one attached hydrogen (secondary N) is 1. The van der Waals surface area contributed by atoms with Gasteiger partial charge in [0.05, 0.1) is 23.9 Å². The van der Waals surface area contributed by atoms with Crippen LogP contribution in [0, 0.1) is 5.92 Å². The summed E-state index contributed by atoms with van der Waals surface area (Å²) >= 11 is 6.06. The summed E-state index contributed by atoms with van der Waals surface area (Å²) in [5, 5.41) is 12.6. The van der Waals surface area contributed by atoms with E-state index in [1.807, 2.05) is 18.2 Å². The highest BCUT2D eigenvalue weighted by Gasteiger charge is 2.46. The minimum Gasteiger partial charge on any atom is -0.493 e. The number of aliphatic hydroxyl groups is 1. The molecule has 1 aromatic heterocycles. The fourth-order valence-electron chi connectivity index (χ4n) is 4.34. The summed E-state index contributed by atoms with van der Waals surface area (Å²) < 4.78 is 74.3. The van der Waals surface area contributed by atoms with Crippen LogP contribution in [0.15, 0.2) is 72.8 Å². The lowest BCUT2D eigenvalue weighted by Crippen LogP contribution is -2.30. The number of ether oxygens (including phenoxy) is 2. The number of benzene rings is 3. The van der Waals surface area contributed by atoms with E-state index in [1.54, 1.807) is 36.4 Å². The second kappa shape index (κ2) is 10.6. The molecule has 0 saturated carbocycles. The second-order valence-electron chi connectivity index (χ2n) is 9.10. The van der Waals surface area contributed by atoms with E-state index >= 15 is 0 Å². The van der Waals surface area contributed by atoms with Crippen molar-refractivity contribution in [2.24, 2.45) is 5.92 Å². The fraction of sp³-hybridized carbons (Fsp3) is 0.222. The lowest BCUT2D eigenvalue weighted by atomic mass is 9.88. The maximum absolute atomic E-state index is 12.7. The molecule has 0 saturated heterocycles. The van der Waals surface area contributed by atoms with Gasteiger partial charge in [-0.2, -0.15) is 21.6 Å². The summed E-state index contributed by atoms with van der Waals surface area (Å²) in [4.78, 5) is 4.57. The molecule has 0 unspecified atom stereocenters.